The van der Waals surface area contributed by atoms with Crippen LogP contribution in [0.5, 0.6) is 0 Å². The maximum absolute atomic E-state index is 13.4. The zero-order valence-corrected chi connectivity index (χ0v) is 18.7. The van der Waals surface area contributed by atoms with Gasteiger partial charge in [0.25, 0.3) is 5.91 Å². The van der Waals surface area contributed by atoms with Crippen LogP contribution < -0.4 is 27.4 Å². The molecule has 2 aliphatic rings. The fourth-order valence-corrected chi connectivity index (χ4v) is 4.81. The van der Waals surface area contributed by atoms with E-state index in [2.05, 4.69) is 20.8 Å². The van der Waals surface area contributed by atoms with Crippen LogP contribution >= 0.6 is 0 Å². The minimum Gasteiger partial charge on any atom is -0.355 e. The molecule has 6 N–H and O–H groups in total. The number of pyridine rings is 1. The highest BCUT2D eigenvalue weighted by Crippen LogP contribution is 2.32. The highest BCUT2D eigenvalue weighted by molar-refractivity contribution is 5.93. The molecule has 0 aromatic carbocycles. The Balaban J connectivity index is 1.44. The summed E-state index contributed by atoms with van der Waals surface area (Å²) >= 11 is 0. The van der Waals surface area contributed by atoms with Gasteiger partial charge in [0.15, 0.2) is 5.65 Å². The van der Waals surface area contributed by atoms with Crippen molar-refractivity contribution in [3.05, 3.63) is 47.4 Å². The summed E-state index contributed by atoms with van der Waals surface area (Å²) in [4.78, 5) is 26.8. The molecule has 0 spiro atoms. The summed E-state index contributed by atoms with van der Waals surface area (Å²) in [5, 5.41) is 4.81. The van der Waals surface area contributed by atoms with Crippen LogP contribution in [-0.4, -0.2) is 56.1 Å². The number of rotatable bonds is 5. The summed E-state index contributed by atoms with van der Waals surface area (Å²) < 4.78 is 1.82. The summed E-state index contributed by atoms with van der Waals surface area (Å²) in [5.74, 6) is 6.64. The van der Waals surface area contributed by atoms with Crippen LogP contribution in [0.25, 0.3) is 5.65 Å². The quantitative estimate of drug-likeness (QED) is 0.332. The third-order valence-corrected chi connectivity index (χ3v) is 6.42. The van der Waals surface area contributed by atoms with Gasteiger partial charge < -0.3 is 15.5 Å². The molecule has 2 fully saturated rings. The topological polar surface area (TPSA) is 143 Å². The van der Waals surface area contributed by atoms with E-state index in [0.29, 0.717) is 18.1 Å². The predicted octanol–water partition coefficient (Wildman–Crippen LogP) is 1.13. The average molecular weight is 451 g/mol. The minimum absolute atomic E-state index is 0.117. The first-order chi connectivity index (χ1) is 16.0. The molecule has 11 heteroatoms. The molecule has 2 saturated heterocycles. The normalized spacial score (nSPS) is 21.1. The molecule has 5 heterocycles. The molecule has 3 aromatic heterocycles. The Morgan fingerprint density at radius 2 is 2.06 bits per heavy atom. The Morgan fingerprint density at radius 3 is 2.85 bits per heavy atom. The number of hydrogen-bond donors (Lipinski definition) is 4. The lowest BCUT2D eigenvalue weighted by molar-refractivity contribution is 0.0599. The Hall–Kier alpha value is -3.28. The number of likely N-dealkylation sites (tertiary alicyclic amines) is 1. The fourth-order valence-electron chi connectivity index (χ4n) is 4.81. The van der Waals surface area contributed by atoms with E-state index in [0.717, 1.165) is 61.5 Å². The van der Waals surface area contributed by atoms with Gasteiger partial charge in [0, 0.05) is 43.5 Å². The monoisotopic (exact) mass is 450 g/mol. The van der Waals surface area contributed by atoms with Crippen LogP contribution in [-0.2, 0) is 0 Å². The lowest BCUT2D eigenvalue weighted by atomic mass is 9.99. The summed E-state index contributed by atoms with van der Waals surface area (Å²) in [6.07, 6.45) is 5.83. The maximum atomic E-state index is 13.4. The molecular formula is C22H30N10O. The molecule has 174 valence electrons. The minimum atomic E-state index is -0.122. The van der Waals surface area contributed by atoms with Gasteiger partial charge in [-0.2, -0.15) is 10.6 Å². The summed E-state index contributed by atoms with van der Waals surface area (Å²) in [7, 11) is 0. The van der Waals surface area contributed by atoms with Crippen LogP contribution in [0.3, 0.4) is 0 Å². The van der Waals surface area contributed by atoms with E-state index in [1.54, 1.807) is 18.2 Å². The zero-order chi connectivity index (χ0) is 22.9. The number of carbonyl (C=O) groups is 1. The van der Waals surface area contributed by atoms with Gasteiger partial charge in [-0.05, 0) is 44.7 Å². The second-order valence-corrected chi connectivity index (χ2v) is 8.80. The Morgan fingerprint density at radius 1 is 1.18 bits per heavy atom. The first kappa shape index (κ1) is 21.6. The molecule has 2 atom stereocenters. The molecule has 2 aliphatic heterocycles. The van der Waals surface area contributed by atoms with Crippen molar-refractivity contribution < 1.29 is 4.79 Å². The van der Waals surface area contributed by atoms with E-state index >= 15 is 0 Å². The van der Waals surface area contributed by atoms with Crippen LogP contribution in [0.4, 0.5) is 11.6 Å². The van der Waals surface area contributed by atoms with Crippen molar-refractivity contribution in [2.75, 3.05) is 30.0 Å². The van der Waals surface area contributed by atoms with Crippen molar-refractivity contribution in [2.45, 2.75) is 44.7 Å². The highest BCUT2D eigenvalue weighted by Gasteiger charge is 2.32. The van der Waals surface area contributed by atoms with Gasteiger partial charge in [-0.1, -0.05) is 6.07 Å². The highest BCUT2D eigenvalue weighted by atomic mass is 16.2. The Kier molecular flexibility index (Phi) is 5.83. The smallest absolute Gasteiger partial charge is 0.273 e. The van der Waals surface area contributed by atoms with E-state index < -0.39 is 0 Å². The molecule has 0 bridgehead atoms. The summed E-state index contributed by atoms with van der Waals surface area (Å²) in [6, 6.07) is 7.31. The predicted molar refractivity (Wildman–Crippen MR) is 125 cm³/mol. The number of fused-ring (bicyclic) bond motifs is 1. The lowest BCUT2D eigenvalue weighted by Crippen LogP contribution is -2.39. The molecule has 0 radical (unpaired) electrons. The number of hydrazine groups is 2. The molecule has 11 nitrogen and oxygen atoms in total. The van der Waals surface area contributed by atoms with E-state index in [-0.39, 0.29) is 18.0 Å². The number of nitrogens with one attached hydrogen (secondary N) is 2. The molecule has 0 saturated carbocycles. The molecule has 0 unspecified atom stereocenters. The first-order valence-corrected chi connectivity index (χ1v) is 11.4. The van der Waals surface area contributed by atoms with Crippen molar-refractivity contribution in [3.8, 4) is 0 Å². The molecular weight excluding hydrogens is 420 g/mol. The molecule has 0 aliphatic carbocycles. The van der Waals surface area contributed by atoms with Gasteiger partial charge in [0.1, 0.15) is 17.3 Å². The third kappa shape index (κ3) is 4.22. The van der Waals surface area contributed by atoms with Crippen molar-refractivity contribution in [2.24, 2.45) is 11.6 Å². The van der Waals surface area contributed by atoms with Crippen LogP contribution in [0.15, 0.2) is 30.5 Å². The Labute approximate surface area is 192 Å². The first-order valence-electron chi connectivity index (χ1n) is 11.4. The number of nitrogens with zero attached hydrogens (tertiary/aromatic N) is 6. The number of nitrogens with two attached hydrogens (primary N) is 2. The van der Waals surface area contributed by atoms with Gasteiger partial charge >= 0.3 is 0 Å². The molecule has 3 aromatic rings. The zero-order valence-electron chi connectivity index (χ0n) is 18.7. The summed E-state index contributed by atoms with van der Waals surface area (Å²) in [5.41, 5.74) is 14.2. The van der Waals surface area contributed by atoms with Crippen molar-refractivity contribution >= 4 is 23.2 Å². The van der Waals surface area contributed by atoms with E-state index in [1.165, 1.54) is 0 Å². The number of amides is 1. The molecule has 33 heavy (non-hydrogen) atoms. The molecule has 5 rings (SSSR count). The average Bonchev–Trinajstić information content (AvgIpc) is 3.44. The van der Waals surface area contributed by atoms with Crippen molar-refractivity contribution in [3.63, 3.8) is 0 Å². The fraction of sp³-hybridized carbons (Fsp3) is 0.455. The van der Waals surface area contributed by atoms with Gasteiger partial charge in [-0.15, -0.1) is 0 Å². The van der Waals surface area contributed by atoms with Gasteiger partial charge in [0.2, 0.25) is 0 Å². The molecule has 1 amide bonds. The van der Waals surface area contributed by atoms with E-state index in [9.17, 15) is 4.79 Å². The number of aromatic nitrogens is 4. The summed E-state index contributed by atoms with van der Waals surface area (Å²) in [6.45, 7) is 4.44. The standard InChI is InChI=1S/C22H30N10O/c1-14-12-32-20(26-21(14)30-10-8-15(23)13-30)11-17(28-32)18-6-2-3-9-31(18)22(33)16-5-4-7-19(25-16)27-29-24/h4-5,7,11-12,15,18,29H,2-3,6,8-10,13,23-24H2,1H3,(H,25,27)/t15-,18-/m0/s1. The second-order valence-electron chi connectivity index (χ2n) is 8.80. The third-order valence-electron chi connectivity index (χ3n) is 6.42. The van der Waals surface area contributed by atoms with Crippen LogP contribution in [0.1, 0.15) is 53.5 Å². The SMILES string of the molecule is Cc1cn2nc([C@@H]3CCCCN3C(=O)c3cccc(NNN)n3)cc2nc1N1CC[C@H](N)C1. The number of aryl methyl sites for hydroxylation is 1. The number of hydrogen-bond acceptors (Lipinski definition) is 9. The van der Waals surface area contributed by atoms with Crippen molar-refractivity contribution in [1.29, 1.82) is 0 Å². The van der Waals surface area contributed by atoms with Gasteiger partial charge in [-0.25, -0.2) is 14.5 Å². The van der Waals surface area contributed by atoms with E-state index in [4.69, 9.17) is 21.7 Å². The van der Waals surface area contributed by atoms with Gasteiger partial charge in [-0.3, -0.25) is 16.1 Å². The van der Waals surface area contributed by atoms with E-state index in [1.807, 2.05) is 28.6 Å². The second kappa shape index (κ2) is 8.93. The number of carbonyl (C=O) groups excluding carboxylic acids is 1. The number of piperidine rings is 1. The van der Waals surface area contributed by atoms with Crippen LogP contribution in [0.2, 0.25) is 0 Å². The van der Waals surface area contributed by atoms with Gasteiger partial charge in [0.05, 0.1) is 11.7 Å². The number of anilines is 2. The lowest BCUT2D eigenvalue weighted by Gasteiger charge is -2.34. The van der Waals surface area contributed by atoms with Crippen molar-refractivity contribution in [1.82, 2.24) is 30.0 Å². The van der Waals surface area contributed by atoms with Crippen LogP contribution in [0, 0.1) is 6.92 Å². The maximum Gasteiger partial charge on any atom is 0.273 e. The largest absolute Gasteiger partial charge is 0.355 e. The Bertz CT molecular complexity index is 1160.